The summed E-state index contributed by atoms with van der Waals surface area (Å²) in [6.07, 6.45) is 5.63. The molecule has 214 valence electrons. The van der Waals surface area contributed by atoms with Crippen LogP contribution in [0.4, 0.5) is 16.3 Å². The molecule has 0 aliphatic carbocycles. The van der Waals surface area contributed by atoms with E-state index in [1.165, 1.54) is 5.56 Å². The van der Waals surface area contributed by atoms with E-state index in [1.807, 2.05) is 18.3 Å². The van der Waals surface area contributed by atoms with Crippen molar-refractivity contribution >= 4 is 23.5 Å². The topological polar surface area (TPSA) is 98.2 Å². The Morgan fingerprint density at radius 2 is 1.66 bits per heavy atom. The molecular formula is C32H37N5O4. The van der Waals surface area contributed by atoms with Crippen LogP contribution in [0.15, 0.2) is 72.9 Å². The summed E-state index contributed by atoms with van der Waals surface area (Å²) >= 11 is 0. The number of rotatable bonds is 8. The number of nitrogens with one attached hydrogen (secondary N) is 1. The molecule has 41 heavy (non-hydrogen) atoms. The molecule has 2 amide bonds. The van der Waals surface area contributed by atoms with Gasteiger partial charge >= 0.3 is 12.0 Å². The number of nitrogens with zero attached hydrogens (tertiary/aromatic N) is 4. The molecule has 6 rings (SSSR count). The molecular weight excluding hydrogens is 518 g/mol. The number of piperidine rings is 1. The SMILES string of the molecule is O=C(O)c1ccc(Nc2ccc(CN3CCC(N4C(=O)N(C5CCOCC5)C[C@H]4c4ccccc4)CC3)cn2)cc1. The van der Waals surface area contributed by atoms with E-state index < -0.39 is 5.97 Å². The van der Waals surface area contributed by atoms with Crippen LogP contribution in [0.1, 0.15) is 53.2 Å². The van der Waals surface area contributed by atoms with Crippen molar-refractivity contribution in [2.75, 3.05) is 38.2 Å². The number of aromatic nitrogens is 1. The van der Waals surface area contributed by atoms with Gasteiger partial charge in [-0.05, 0) is 67.1 Å². The third kappa shape index (κ3) is 6.21. The number of urea groups is 1. The van der Waals surface area contributed by atoms with Crippen molar-refractivity contribution in [3.05, 3.63) is 89.6 Å². The van der Waals surface area contributed by atoms with Gasteiger partial charge in [0.1, 0.15) is 5.82 Å². The van der Waals surface area contributed by atoms with Gasteiger partial charge in [0.15, 0.2) is 0 Å². The van der Waals surface area contributed by atoms with Crippen LogP contribution in [0.5, 0.6) is 0 Å². The summed E-state index contributed by atoms with van der Waals surface area (Å²) in [6.45, 7) is 4.90. The first-order chi connectivity index (χ1) is 20.0. The number of likely N-dealkylation sites (tertiary alicyclic amines) is 1. The molecule has 4 heterocycles. The second-order valence-electron chi connectivity index (χ2n) is 11.2. The molecule has 1 aromatic heterocycles. The van der Waals surface area contributed by atoms with Crippen LogP contribution in [0.3, 0.4) is 0 Å². The first-order valence-electron chi connectivity index (χ1n) is 14.5. The summed E-state index contributed by atoms with van der Waals surface area (Å²) in [4.78, 5) is 36.2. The van der Waals surface area contributed by atoms with Gasteiger partial charge in [-0.2, -0.15) is 0 Å². The number of amides is 2. The maximum absolute atomic E-state index is 13.8. The largest absolute Gasteiger partial charge is 0.478 e. The number of hydrogen-bond donors (Lipinski definition) is 2. The number of carboxylic acid groups (broad SMARTS) is 1. The average molecular weight is 556 g/mol. The number of ether oxygens (including phenoxy) is 1. The van der Waals surface area contributed by atoms with Crippen molar-refractivity contribution < 1.29 is 19.4 Å². The van der Waals surface area contributed by atoms with E-state index in [1.54, 1.807) is 24.3 Å². The monoisotopic (exact) mass is 555 g/mol. The molecule has 2 N–H and O–H groups in total. The Morgan fingerprint density at radius 3 is 2.32 bits per heavy atom. The van der Waals surface area contributed by atoms with E-state index in [4.69, 9.17) is 9.84 Å². The minimum atomic E-state index is -0.942. The number of benzene rings is 2. The molecule has 3 aliphatic rings. The van der Waals surface area contributed by atoms with Crippen molar-refractivity contribution in [1.29, 1.82) is 0 Å². The van der Waals surface area contributed by atoms with Crippen molar-refractivity contribution in [2.45, 2.75) is 50.4 Å². The van der Waals surface area contributed by atoms with Gasteiger partial charge in [-0.1, -0.05) is 36.4 Å². The summed E-state index contributed by atoms with van der Waals surface area (Å²) in [7, 11) is 0. The Hall–Kier alpha value is -3.95. The highest BCUT2D eigenvalue weighted by molar-refractivity contribution is 5.88. The van der Waals surface area contributed by atoms with Gasteiger partial charge in [0.2, 0.25) is 0 Å². The lowest BCUT2D eigenvalue weighted by Crippen LogP contribution is -2.48. The maximum Gasteiger partial charge on any atom is 0.335 e. The van der Waals surface area contributed by atoms with E-state index in [0.717, 1.165) is 76.3 Å². The number of pyridine rings is 1. The fourth-order valence-electron chi connectivity index (χ4n) is 6.34. The van der Waals surface area contributed by atoms with Gasteiger partial charge in [0.25, 0.3) is 0 Å². The normalized spacial score (nSPS) is 20.9. The van der Waals surface area contributed by atoms with Crippen LogP contribution in [-0.2, 0) is 11.3 Å². The molecule has 0 bridgehead atoms. The summed E-state index contributed by atoms with van der Waals surface area (Å²) in [6, 6.07) is 21.9. The zero-order valence-electron chi connectivity index (χ0n) is 23.2. The molecule has 3 saturated heterocycles. The number of carbonyl (C=O) groups excluding carboxylic acids is 1. The van der Waals surface area contributed by atoms with E-state index in [2.05, 4.69) is 55.3 Å². The summed E-state index contributed by atoms with van der Waals surface area (Å²) in [5, 5.41) is 12.3. The molecule has 3 fully saturated rings. The third-order valence-electron chi connectivity index (χ3n) is 8.57. The van der Waals surface area contributed by atoms with Crippen LogP contribution >= 0.6 is 0 Å². The van der Waals surface area contributed by atoms with Crippen molar-refractivity contribution in [3.63, 3.8) is 0 Å². The lowest BCUT2D eigenvalue weighted by atomic mass is 9.99. The Bertz CT molecular complexity index is 1320. The Morgan fingerprint density at radius 1 is 0.927 bits per heavy atom. The highest BCUT2D eigenvalue weighted by Crippen LogP contribution is 2.37. The van der Waals surface area contributed by atoms with Crippen LogP contribution in [-0.4, -0.2) is 81.7 Å². The Labute approximate surface area is 240 Å². The van der Waals surface area contributed by atoms with Gasteiger partial charge < -0.3 is 25.0 Å². The maximum atomic E-state index is 13.8. The van der Waals surface area contributed by atoms with E-state index in [9.17, 15) is 9.59 Å². The Balaban J connectivity index is 1.06. The minimum absolute atomic E-state index is 0.0904. The summed E-state index contributed by atoms with van der Waals surface area (Å²) < 4.78 is 5.57. The molecule has 0 saturated carbocycles. The molecule has 9 nitrogen and oxygen atoms in total. The zero-order valence-corrected chi connectivity index (χ0v) is 23.2. The summed E-state index contributed by atoms with van der Waals surface area (Å²) in [5.41, 5.74) is 3.40. The number of anilines is 2. The fraction of sp³-hybridized carbons (Fsp3) is 0.406. The second kappa shape index (κ2) is 12.3. The van der Waals surface area contributed by atoms with Crippen LogP contribution in [0.25, 0.3) is 0 Å². The van der Waals surface area contributed by atoms with Crippen molar-refractivity contribution in [1.82, 2.24) is 19.7 Å². The highest BCUT2D eigenvalue weighted by atomic mass is 16.5. The van der Waals surface area contributed by atoms with Gasteiger partial charge in [-0.15, -0.1) is 0 Å². The third-order valence-corrected chi connectivity index (χ3v) is 8.57. The van der Waals surface area contributed by atoms with Gasteiger partial charge in [0.05, 0.1) is 11.6 Å². The predicted molar refractivity (Wildman–Crippen MR) is 156 cm³/mol. The molecule has 2 aromatic carbocycles. The van der Waals surface area contributed by atoms with E-state index in [0.29, 0.717) is 5.82 Å². The second-order valence-corrected chi connectivity index (χ2v) is 11.2. The number of aromatic carboxylic acids is 1. The molecule has 3 aliphatic heterocycles. The van der Waals surface area contributed by atoms with Crippen LogP contribution < -0.4 is 5.32 Å². The smallest absolute Gasteiger partial charge is 0.335 e. The first kappa shape index (κ1) is 27.2. The highest BCUT2D eigenvalue weighted by Gasteiger charge is 2.45. The fourth-order valence-corrected chi connectivity index (χ4v) is 6.34. The minimum Gasteiger partial charge on any atom is -0.478 e. The van der Waals surface area contributed by atoms with Crippen molar-refractivity contribution in [2.24, 2.45) is 0 Å². The molecule has 0 spiro atoms. The number of carboxylic acids is 1. The number of hydrogen-bond acceptors (Lipinski definition) is 6. The zero-order chi connectivity index (χ0) is 28.2. The lowest BCUT2D eigenvalue weighted by Gasteiger charge is -2.39. The van der Waals surface area contributed by atoms with E-state index in [-0.39, 0.29) is 29.7 Å². The van der Waals surface area contributed by atoms with Crippen LogP contribution in [0, 0.1) is 0 Å². The molecule has 0 radical (unpaired) electrons. The van der Waals surface area contributed by atoms with Crippen LogP contribution in [0.2, 0.25) is 0 Å². The van der Waals surface area contributed by atoms with Gasteiger partial charge in [0, 0.05) is 63.4 Å². The average Bonchev–Trinajstić information content (AvgIpc) is 3.36. The molecule has 1 atom stereocenters. The van der Waals surface area contributed by atoms with Gasteiger partial charge in [-0.25, -0.2) is 14.6 Å². The number of carbonyl (C=O) groups is 2. The first-order valence-corrected chi connectivity index (χ1v) is 14.5. The van der Waals surface area contributed by atoms with Gasteiger partial charge in [-0.3, -0.25) is 4.90 Å². The van der Waals surface area contributed by atoms with Crippen molar-refractivity contribution in [3.8, 4) is 0 Å². The lowest BCUT2D eigenvalue weighted by molar-refractivity contribution is 0.0493. The standard InChI is InChI=1S/C32H37N5O4/c38-31(39)25-7-9-26(10-8-25)34-30-11-6-23(20-33-30)21-35-16-12-28(13-17-35)37-29(24-4-2-1-3-5-24)22-36(32(37)40)27-14-18-41-19-15-27/h1-11,20,27-29H,12-19,21-22H2,(H,33,34)(H,38,39)/t29-/m0/s1. The predicted octanol–water partition coefficient (Wildman–Crippen LogP) is 5.15. The van der Waals surface area contributed by atoms with E-state index >= 15 is 0 Å². The molecule has 9 heteroatoms. The summed E-state index contributed by atoms with van der Waals surface area (Å²) in [5.74, 6) is -0.229. The molecule has 3 aromatic rings. The quantitative estimate of drug-likeness (QED) is 0.397. The molecule has 0 unspecified atom stereocenters. The Kier molecular flexibility index (Phi) is 8.16.